The lowest BCUT2D eigenvalue weighted by Crippen LogP contribution is -2.65. The highest BCUT2D eigenvalue weighted by molar-refractivity contribution is 6.24. The fraction of sp³-hybridized carbons (Fsp3) is 0.500. The number of nitrogens with one attached hydrogen (secondary N) is 1. The highest BCUT2D eigenvalue weighted by Crippen LogP contribution is 2.53. The van der Waals surface area contributed by atoms with Crippen LogP contribution in [0.2, 0.25) is 0 Å². The summed E-state index contributed by atoms with van der Waals surface area (Å²) in [4.78, 5) is 53.3. The number of halogens is 1. The molecule has 4 aliphatic carbocycles. The molecule has 7 N–H and O–H groups in total. The number of aliphatic hydroxyl groups excluding tert-OH is 2. The van der Waals surface area contributed by atoms with Gasteiger partial charge in [0.1, 0.15) is 22.9 Å². The highest BCUT2D eigenvalue weighted by atomic mass is 19.1. The molecule has 0 heterocycles. The molecule has 1 aromatic carbocycles. The molecule has 214 valence electrons. The average Bonchev–Trinajstić information content (AvgIpc) is 3.30. The van der Waals surface area contributed by atoms with Crippen molar-refractivity contribution in [2.24, 2.45) is 29.4 Å². The SMILES string of the molecule is CC1CCC[C@H]1C(=O)Nc1cc(F)c2c(c1O)C(O)=C1C(=O)[C@]3(O)C(O)=C(C(N)=O)C(=O)[C@@H](N(C)C)[C@@H]3C[C@@H]1C2. The van der Waals surface area contributed by atoms with Gasteiger partial charge in [-0.15, -0.1) is 0 Å². The normalized spacial score (nSPS) is 31.7. The van der Waals surface area contributed by atoms with Crippen molar-refractivity contribution < 1.29 is 44.0 Å². The standard InChI is InChI=1S/C28H32FN3O8/c1-10-5-4-6-12(10)27(39)31-16-9-15(29)13-7-11-8-14-20(32(2)3)23(35)19(26(30)38)25(37)28(14,40)24(36)17(11)22(34)18(13)21(16)33/h9-12,14,20,33-34,37,40H,4-8H2,1-3H3,(H2,30,38)(H,31,39)/t10?,11-,12+,14-,20-,28-/m0/s1. The Balaban J connectivity index is 1.63. The van der Waals surface area contributed by atoms with E-state index in [1.807, 2.05) is 6.92 Å². The van der Waals surface area contributed by atoms with Crippen LogP contribution in [0.25, 0.3) is 5.76 Å². The number of fused-ring (bicyclic) bond motifs is 3. The molecular weight excluding hydrogens is 525 g/mol. The van der Waals surface area contributed by atoms with Crippen LogP contribution in [-0.4, -0.2) is 74.4 Å². The van der Waals surface area contributed by atoms with Crippen molar-refractivity contribution in [1.29, 1.82) is 0 Å². The predicted molar refractivity (Wildman–Crippen MR) is 139 cm³/mol. The lowest BCUT2D eigenvalue weighted by atomic mass is 9.57. The van der Waals surface area contributed by atoms with Gasteiger partial charge in [0.05, 0.1) is 17.3 Å². The second-order valence-corrected chi connectivity index (χ2v) is 11.6. The zero-order valence-corrected chi connectivity index (χ0v) is 22.3. The van der Waals surface area contributed by atoms with Crippen LogP contribution >= 0.6 is 0 Å². The molecule has 11 nitrogen and oxygen atoms in total. The molecule has 2 amide bonds. The molecule has 4 aliphatic rings. The van der Waals surface area contributed by atoms with Crippen LogP contribution in [0.4, 0.5) is 10.1 Å². The van der Waals surface area contributed by atoms with Crippen molar-refractivity contribution in [3.05, 3.63) is 39.9 Å². The van der Waals surface area contributed by atoms with Gasteiger partial charge in [0, 0.05) is 29.0 Å². The smallest absolute Gasteiger partial charge is 0.255 e. The molecule has 0 spiro atoms. The number of phenols is 1. The second-order valence-electron chi connectivity index (χ2n) is 11.6. The Morgan fingerprint density at radius 3 is 2.42 bits per heavy atom. The molecule has 1 unspecified atom stereocenters. The maximum absolute atomic E-state index is 15.4. The minimum atomic E-state index is -2.79. The molecule has 0 radical (unpaired) electrons. The van der Waals surface area contributed by atoms with Gasteiger partial charge >= 0.3 is 0 Å². The summed E-state index contributed by atoms with van der Waals surface area (Å²) in [7, 11) is 2.99. The Morgan fingerprint density at radius 2 is 1.85 bits per heavy atom. The maximum atomic E-state index is 15.4. The van der Waals surface area contributed by atoms with E-state index in [9.17, 15) is 39.6 Å². The average molecular weight is 558 g/mol. The summed E-state index contributed by atoms with van der Waals surface area (Å²) in [6, 6.07) is -0.267. The van der Waals surface area contributed by atoms with Gasteiger partial charge in [-0.2, -0.15) is 0 Å². The summed E-state index contributed by atoms with van der Waals surface area (Å²) in [5.41, 5.74) is 0.429. The van der Waals surface area contributed by atoms with Crippen LogP contribution in [0.3, 0.4) is 0 Å². The fourth-order valence-electron chi connectivity index (χ4n) is 7.12. The predicted octanol–water partition coefficient (Wildman–Crippen LogP) is 1.48. The molecule has 40 heavy (non-hydrogen) atoms. The maximum Gasteiger partial charge on any atom is 0.255 e. The minimum Gasteiger partial charge on any atom is -0.508 e. The van der Waals surface area contributed by atoms with E-state index in [1.165, 1.54) is 19.0 Å². The van der Waals surface area contributed by atoms with Crippen molar-refractivity contribution in [2.75, 3.05) is 19.4 Å². The van der Waals surface area contributed by atoms with E-state index in [-0.39, 0.29) is 35.9 Å². The molecule has 5 rings (SSSR count). The van der Waals surface area contributed by atoms with Crippen LogP contribution in [0.1, 0.15) is 43.7 Å². The Morgan fingerprint density at radius 1 is 1.18 bits per heavy atom. The van der Waals surface area contributed by atoms with Gasteiger partial charge in [-0.05, 0) is 51.6 Å². The Bertz CT molecular complexity index is 1430. The first kappa shape index (κ1) is 27.8. The molecule has 0 aromatic heterocycles. The van der Waals surface area contributed by atoms with Crippen molar-refractivity contribution in [1.82, 2.24) is 4.90 Å². The molecule has 0 bridgehead atoms. The van der Waals surface area contributed by atoms with Crippen molar-refractivity contribution in [3.8, 4) is 5.75 Å². The van der Waals surface area contributed by atoms with Gasteiger partial charge in [-0.25, -0.2) is 4.39 Å². The number of nitrogens with two attached hydrogens (primary N) is 1. The van der Waals surface area contributed by atoms with Crippen molar-refractivity contribution >= 4 is 34.8 Å². The van der Waals surface area contributed by atoms with Gasteiger partial charge in [0.15, 0.2) is 17.1 Å². The van der Waals surface area contributed by atoms with Gasteiger partial charge in [-0.3, -0.25) is 24.1 Å². The second kappa shape index (κ2) is 9.41. The van der Waals surface area contributed by atoms with Gasteiger partial charge < -0.3 is 31.5 Å². The number of hydrogen-bond donors (Lipinski definition) is 6. The topological polar surface area (TPSA) is 190 Å². The Kier molecular flexibility index (Phi) is 6.54. The molecule has 0 aliphatic heterocycles. The number of nitrogens with zero attached hydrogens (tertiary/aromatic N) is 1. The number of hydrogen-bond acceptors (Lipinski definition) is 9. The largest absolute Gasteiger partial charge is 0.508 e. The Labute approximate surface area is 229 Å². The lowest BCUT2D eigenvalue weighted by molar-refractivity contribution is -0.153. The number of Topliss-reactive ketones (excluding diaryl/α,β-unsaturated/α-hetero) is 2. The third kappa shape index (κ3) is 3.76. The Hall–Kier alpha value is -3.77. The number of anilines is 1. The van der Waals surface area contributed by atoms with Crippen LogP contribution in [0.5, 0.6) is 5.75 Å². The zero-order chi connectivity index (χ0) is 29.4. The molecular formula is C28H32FN3O8. The van der Waals surface area contributed by atoms with E-state index in [0.29, 0.717) is 6.42 Å². The van der Waals surface area contributed by atoms with Crippen LogP contribution in [0, 0.1) is 29.5 Å². The third-order valence-electron chi connectivity index (χ3n) is 9.12. The number of ketones is 2. The number of aromatic hydroxyl groups is 1. The van der Waals surface area contributed by atoms with E-state index in [0.717, 1.165) is 18.9 Å². The van der Waals surface area contributed by atoms with Gasteiger partial charge in [0.2, 0.25) is 11.7 Å². The van der Waals surface area contributed by atoms with Crippen molar-refractivity contribution in [2.45, 2.75) is 50.7 Å². The summed E-state index contributed by atoms with van der Waals surface area (Å²) < 4.78 is 15.4. The number of phenolic OH excluding ortho intramolecular Hbond substituents is 1. The van der Waals surface area contributed by atoms with Crippen LogP contribution in [-0.2, 0) is 25.6 Å². The van der Waals surface area contributed by atoms with E-state index in [2.05, 4.69) is 5.32 Å². The molecule has 12 heteroatoms. The van der Waals surface area contributed by atoms with E-state index in [1.54, 1.807) is 0 Å². The first-order valence-corrected chi connectivity index (χ1v) is 13.2. The quantitative estimate of drug-likeness (QED) is 0.235. The molecule has 2 fully saturated rings. The minimum absolute atomic E-state index is 0.102. The lowest BCUT2D eigenvalue weighted by Gasteiger charge is -2.50. The fourth-order valence-corrected chi connectivity index (χ4v) is 7.12. The third-order valence-corrected chi connectivity index (χ3v) is 9.12. The zero-order valence-electron chi connectivity index (χ0n) is 22.3. The summed E-state index contributed by atoms with van der Waals surface area (Å²) in [5.74, 6) is -9.67. The molecule has 2 saturated carbocycles. The monoisotopic (exact) mass is 557 g/mol. The summed E-state index contributed by atoms with van der Waals surface area (Å²) in [6.07, 6.45) is 2.05. The number of primary amides is 1. The molecule has 6 atom stereocenters. The van der Waals surface area contributed by atoms with E-state index >= 15 is 4.39 Å². The molecule has 1 aromatic rings. The highest BCUT2D eigenvalue weighted by Gasteiger charge is 2.64. The first-order chi connectivity index (χ1) is 18.7. The number of likely N-dealkylation sites (N-methyl/N-ethyl adjacent to an activating group) is 1. The number of carbonyl (C=O) groups is 4. The number of carbonyl (C=O) groups excluding carboxylic acids is 4. The van der Waals surface area contributed by atoms with Gasteiger partial charge in [-0.1, -0.05) is 13.3 Å². The number of rotatable bonds is 4. The van der Waals surface area contributed by atoms with E-state index < -0.39 is 86.7 Å². The summed E-state index contributed by atoms with van der Waals surface area (Å²) in [5, 5.41) is 47.4. The summed E-state index contributed by atoms with van der Waals surface area (Å²) >= 11 is 0. The van der Waals surface area contributed by atoms with Gasteiger partial charge in [0.25, 0.3) is 5.91 Å². The van der Waals surface area contributed by atoms with Crippen molar-refractivity contribution in [3.63, 3.8) is 0 Å². The van der Waals surface area contributed by atoms with E-state index in [4.69, 9.17) is 5.73 Å². The number of benzene rings is 1. The number of amides is 2. The van der Waals surface area contributed by atoms with Crippen LogP contribution in [0.15, 0.2) is 23.0 Å². The summed E-state index contributed by atoms with van der Waals surface area (Å²) in [6.45, 7) is 1.93. The molecule has 0 saturated heterocycles. The number of aliphatic hydroxyl groups is 3. The first-order valence-electron chi connectivity index (χ1n) is 13.2. The van der Waals surface area contributed by atoms with Crippen LogP contribution < -0.4 is 11.1 Å².